The Morgan fingerprint density at radius 1 is 1.14 bits per heavy atom. The summed E-state index contributed by atoms with van der Waals surface area (Å²) in [6.07, 6.45) is 5.30. The zero-order valence-corrected chi connectivity index (χ0v) is 17.2. The molecule has 3 aromatic rings. The van der Waals surface area contributed by atoms with E-state index in [0.29, 0.717) is 6.04 Å². The minimum absolute atomic E-state index is 0.00334. The molecule has 1 aromatic carbocycles. The zero-order chi connectivity index (χ0) is 20.1. The SMILES string of the molecule is CCCN(Cc1cc(=O)n2ccccc2n1)C1CCCN(Cc2ccccc2)C1. The maximum absolute atomic E-state index is 12.5. The quantitative estimate of drug-likeness (QED) is 0.618. The van der Waals surface area contributed by atoms with Gasteiger partial charge in [0.05, 0.1) is 5.69 Å². The molecule has 0 bridgehead atoms. The molecule has 2 aromatic heterocycles. The van der Waals surface area contributed by atoms with Crippen molar-refractivity contribution in [2.24, 2.45) is 0 Å². The van der Waals surface area contributed by atoms with Gasteiger partial charge in [-0.1, -0.05) is 43.3 Å². The molecule has 1 unspecified atom stereocenters. The smallest absolute Gasteiger partial charge is 0.258 e. The molecule has 1 atom stereocenters. The molecule has 1 aliphatic heterocycles. The van der Waals surface area contributed by atoms with Gasteiger partial charge < -0.3 is 0 Å². The van der Waals surface area contributed by atoms with Gasteiger partial charge in [-0.2, -0.15) is 0 Å². The number of hydrogen-bond acceptors (Lipinski definition) is 4. The van der Waals surface area contributed by atoms with E-state index in [1.54, 1.807) is 16.7 Å². The largest absolute Gasteiger partial charge is 0.298 e. The molecule has 0 spiro atoms. The predicted molar refractivity (Wildman–Crippen MR) is 117 cm³/mol. The van der Waals surface area contributed by atoms with Crippen molar-refractivity contribution in [3.63, 3.8) is 0 Å². The molecule has 0 saturated carbocycles. The number of pyridine rings is 1. The summed E-state index contributed by atoms with van der Waals surface area (Å²) in [6, 6.07) is 18.6. The van der Waals surface area contributed by atoms with Crippen LogP contribution >= 0.6 is 0 Å². The van der Waals surface area contributed by atoms with E-state index in [4.69, 9.17) is 4.98 Å². The van der Waals surface area contributed by atoms with Gasteiger partial charge in [-0.15, -0.1) is 0 Å². The average Bonchev–Trinajstić information content (AvgIpc) is 2.74. The highest BCUT2D eigenvalue weighted by Crippen LogP contribution is 2.20. The fourth-order valence-electron chi connectivity index (χ4n) is 4.38. The first-order valence-corrected chi connectivity index (χ1v) is 10.7. The van der Waals surface area contributed by atoms with Gasteiger partial charge in [0.2, 0.25) is 0 Å². The highest BCUT2D eigenvalue weighted by atomic mass is 16.1. The number of piperidine rings is 1. The third-order valence-corrected chi connectivity index (χ3v) is 5.75. The Bertz CT molecular complexity index is 985. The standard InChI is InChI=1S/C24H30N4O/c1-2-13-27(18-21-16-24(29)28-15-7-6-12-23(28)25-21)22-11-8-14-26(19-22)17-20-9-4-3-5-10-20/h3-7,9-10,12,15-16,22H,2,8,11,13-14,17-19H2,1H3. The molecule has 5 nitrogen and oxygen atoms in total. The molecular weight excluding hydrogens is 360 g/mol. The van der Waals surface area contributed by atoms with Crippen LogP contribution in [0.15, 0.2) is 65.6 Å². The normalized spacial score (nSPS) is 17.8. The Kier molecular flexibility index (Phi) is 6.37. The molecular formula is C24H30N4O. The van der Waals surface area contributed by atoms with E-state index in [0.717, 1.165) is 50.5 Å². The van der Waals surface area contributed by atoms with Gasteiger partial charge in [0.25, 0.3) is 5.56 Å². The second-order valence-electron chi connectivity index (χ2n) is 8.00. The molecule has 0 radical (unpaired) electrons. The van der Waals surface area contributed by atoms with E-state index < -0.39 is 0 Å². The summed E-state index contributed by atoms with van der Waals surface area (Å²) in [7, 11) is 0. The summed E-state index contributed by atoms with van der Waals surface area (Å²) < 4.78 is 1.61. The lowest BCUT2D eigenvalue weighted by atomic mass is 10.0. The predicted octanol–water partition coefficient (Wildman–Crippen LogP) is 3.57. The Balaban J connectivity index is 1.49. The molecule has 152 valence electrons. The van der Waals surface area contributed by atoms with Crippen LogP contribution in [0.25, 0.3) is 5.65 Å². The first-order chi connectivity index (χ1) is 14.2. The third-order valence-electron chi connectivity index (χ3n) is 5.75. The van der Waals surface area contributed by atoms with Gasteiger partial charge in [0, 0.05) is 37.9 Å². The van der Waals surface area contributed by atoms with Crippen molar-refractivity contribution in [3.8, 4) is 0 Å². The summed E-state index contributed by atoms with van der Waals surface area (Å²) in [6.45, 7) is 7.22. The fraction of sp³-hybridized carbons (Fsp3) is 0.417. The van der Waals surface area contributed by atoms with Crippen LogP contribution in [0.2, 0.25) is 0 Å². The van der Waals surface area contributed by atoms with Crippen molar-refractivity contribution >= 4 is 5.65 Å². The second-order valence-corrected chi connectivity index (χ2v) is 8.00. The van der Waals surface area contributed by atoms with Crippen LogP contribution in [0.4, 0.5) is 0 Å². The molecule has 1 aliphatic rings. The van der Waals surface area contributed by atoms with Crippen molar-refractivity contribution in [3.05, 3.63) is 82.4 Å². The Morgan fingerprint density at radius 2 is 1.97 bits per heavy atom. The summed E-state index contributed by atoms with van der Waals surface area (Å²) in [5.74, 6) is 0. The number of benzene rings is 1. The van der Waals surface area contributed by atoms with Crippen LogP contribution in [0.1, 0.15) is 37.4 Å². The Hall–Kier alpha value is -2.50. The van der Waals surface area contributed by atoms with Crippen molar-refractivity contribution in [1.82, 2.24) is 19.2 Å². The molecule has 1 fully saturated rings. The van der Waals surface area contributed by atoms with Crippen molar-refractivity contribution in [1.29, 1.82) is 0 Å². The number of hydrogen-bond donors (Lipinski definition) is 0. The van der Waals surface area contributed by atoms with E-state index in [2.05, 4.69) is 47.1 Å². The summed E-state index contributed by atoms with van der Waals surface area (Å²) >= 11 is 0. The van der Waals surface area contributed by atoms with Crippen LogP contribution < -0.4 is 5.56 Å². The molecule has 5 heteroatoms. The minimum Gasteiger partial charge on any atom is -0.298 e. The molecule has 0 N–H and O–H groups in total. The molecule has 4 rings (SSSR count). The molecule has 3 heterocycles. The summed E-state index contributed by atoms with van der Waals surface area (Å²) in [5, 5.41) is 0. The van der Waals surface area contributed by atoms with Crippen LogP contribution in [0.5, 0.6) is 0 Å². The van der Waals surface area contributed by atoms with Crippen molar-refractivity contribution in [2.75, 3.05) is 19.6 Å². The van der Waals surface area contributed by atoms with E-state index in [1.165, 1.54) is 18.4 Å². The average molecular weight is 391 g/mol. The van der Waals surface area contributed by atoms with Gasteiger partial charge in [-0.05, 0) is 50.0 Å². The third kappa shape index (κ3) is 4.92. The van der Waals surface area contributed by atoms with Gasteiger partial charge in [-0.3, -0.25) is 19.0 Å². The van der Waals surface area contributed by atoms with Crippen LogP contribution in [0.3, 0.4) is 0 Å². The summed E-state index contributed by atoms with van der Waals surface area (Å²) in [5.41, 5.74) is 2.96. The topological polar surface area (TPSA) is 40.9 Å². The van der Waals surface area contributed by atoms with Crippen LogP contribution in [-0.2, 0) is 13.1 Å². The number of nitrogens with zero attached hydrogens (tertiary/aromatic N) is 4. The van der Waals surface area contributed by atoms with Gasteiger partial charge in [-0.25, -0.2) is 4.98 Å². The monoisotopic (exact) mass is 390 g/mol. The van der Waals surface area contributed by atoms with E-state index in [1.807, 2.05) is 18.2 Å². The number of fused-ring (bicyclic) bond motifs is 1. The lowest BCUT2D eigenvalue weighted by Gasteiger charge is -2.39. The van der Waals surface area contributed by atoms with Crippen LogP contribution in [0, 0.1) is 0 Å². The number of aromatic nitrogens is 2. The Labute approximate surface area is 172 Å². The molecule has 29 heavy (non-hydrogen) atoms. The summed E-state index contributed by atoms with van der Waals surface area (Å²) in [4.78, 5) is 22.3. The zero-order valence-electron chi connectivity index (χ0n) is 17.2. The van der Waals surface area contributed by atoms with E-state index in [9.17, 15) is 4.79 Å². The molecule has 0 amide bonds. The molecule has 0 aliphatic carbocycles. The van der Waals surface area contributed by atoms with E-state index >= 15 is 0 Å². The maximum atomic E-state index is 12.5. The van der Waals surface area contributed by atoms with E-state index in [-0.39, 0.29) is 5.56 Å². The lowest BCUT2D eigenvalue weighted by molar-refractivity contribution is 0.0868. The van der Waals surface area contributed by atoms with Crippen molar-refractivity contribution in [2.45, 2.75) is 45.3 Å². The maximum Gasteiger partial charge on any atom is 0.258 e. The molecule has 1 saturated heterocycles. The first-order valence-electron chi connectivity index (χ1n) is 10.7. The van der Waals surface area contributed by atoms with Gasteiger partial charge in [0.1, 0.15) is 5.65 Å². The first kappa shape index (κ1) is 19.8. The number of rotatable bonds is 7. The van der Waals surface area contributed by atoms with Gasteiger partial charge >= 0.3 is 0 Å². The van der Waals surface area contributed by atoms with Crippen molar-refractivity contribution < 1.29 is 0 Å². The highest BCUT2D eigenvalue weighted by molar-refractivity contribution is 5.38. The number of likely N-dealkylation sites (tertiary alicyclic amines) is 1. The van der Waals surface area contributed by atoms with Gasteiger partial charge in [0.15, 0.2) is 0 Å². The Morgan fingerprint density at radius 3 is 2.79 bits per heavy atom. The fourth-order valence-corrected chi connectivity index (χ4v) is 4.38. The minimum atomic E-state index is -0.00334. The lowest BCUT2D eigenvalue weighted by Crippen LogP contribution is -2.47. The second kappa shape index (κ2) is 9.33. The highest BCUT2D eigenvalue weighted by Gasteiger charge is 2.25. The van der Waals surface area contributed by atoms with Crippen LogP contribution in [-0.4, -0.2) is 44.9 Å².